The third kappa shape index (κ3) is 4.07. The summed E-state index contributed by atoms with van der Waals surface area (Å²) in [4.78, 5) is 19.8. The summed E-state index contributed by atoms with van der Waals surface area (Å²) in [5.74, 6) is 1.41. The van der Waals surface area contributed by atoms with Crippen LogP contribution in [0.3, 0.4) is 0 Å². The van der Waals surface area contributed by atoms with Gasteiger partial charge in [-0.2, -0.15) is 0 Å². The lowest BCUT2D eigenvalue weighted by Gasteiger charge is -2.18. The van der Waals surface area contributed by atoms with Gasteiger partial charge in [0.15, 0.2) is 0 Å². The zero-order chi connectivity index (χ0) is 20.4. The number of hydrogen-bond donors (Lipinski definition) is 0. The Kier molecular flexibility index (Phi) is 5.70. The molecule has 1 fully saturated rings. The van der Waals surface area contributed by atoms with E-state index >= 15 is 0 Å². The van der Waals surface area contributed by atoms with Gasteiger partial charge in [-0.15, -0.1) is 0 Å². The van der Waals surface area contributed by atoms with Crippen molar-refractivity contribution >= 4 is 22.6 Å². The first-order chi connectivity index (χ1) is 14.1. The van der Waals surface area contributed by atoms with Crippen LogP contribution in [0.2, 0.25) is 0 Å². The third-order valence-electron chi connectivity index (χ3n) is 5.93. The number of unbranched alkanes of at least 4 members (excludes halogenated alkanes) is 3. The molecule has 0 unspecified atom stereocenters. The molecule has 0 aliphatic carbocycles. The minimum Gasteiger partial charge on any atom is -0.328 e. The van der Waals surface area contributed by atoms with Gasteiger partial charge in [0.25, 0.3) is 0 Å². The predicted octanol–water partition coefficient (Wildman–Crippen LogP) is 5.75. The Balaban J connectivity index is 1.63. The Bertz CT molecular complexity index is 1000. The van der Waals surface area contributed by atoms with Gasteiger partial charge >= 0.3 is 0 Å². The van der Waals surface area contributed by atoms with Gasteiger partial charge in [-0.25, -0.2) is 4.98 Å². The molecule has 0 bridgehead atoms. The van der Waals surface area contributed by atoms with Gasteiger partial charge in [0.1, 0.15) is 5.82 Å². The Morgan fingerprint density at radius 1 is 1.03 bits per heavy atom. The van der Waals surface area contributed by atoms with Gasteiger partial charge in [0, 0.05) is 31.1 Å². The summed E-state index contributed by atoms with van der Waals surface area (Å²) in [6.07, 6.45) is 5.43. The number of rotatable bonds is 7. The van der Waals surface area contributed by atoms with Gasteiger partial charge in [0.2, 0.25) is 5.91 Å². The van der Waals surface area contributed by atoms with Gasteiger partial charge < -0.3 is 9.47 Å². The van der Waals surface area contributed by atoms with E-state index in [1.807, 2.05) is 11.0 Å². The van der Waals surface area contributed by atoms with Crippen LogP contribution in [0, 0.1) is 13.8 Å². The fourth-order valence-electron chi connectivity index (χ4n) is 4.57. The number of amides is 1. The van der Waals surface area contributed by atoms with E-state index < -0.39 is 0 Å². The molecule has 1 amide bonds. The van der Waals surface area contributed by atoms with Gasteiger partial charge in [-0.3, -0.25) is 4.79 Å². The highest BCUT2D eigenvalue weighted by Gasteiger charge is 2.34. The van der Waals surface area contributed by atoms with Crippen molar-refractivity contribution in [2.75, 3.05) is 11.4 Å². The number of carbonyl (C=O) groups is 1. The summed E-state index contributed by atoms with van der Waals surface area (Å²) in [5, 5.41) is 0. The van der Waals surface area contributed by atoms with Crippen LogP contribution in [0.25, 0.3) is 11.0 Å². The number of fused-ring (bicyclic) bond motifs is 1. The highest BCUT2D eigenvalue weighted by atomic mass is 16.2. The van der Waals surface area contributed by atoms with Crippen LogP contribution in [-0.2, 0) is 11.3 Å². The SMILES string of the molecule is CCCCCCn1c([C@H]2CC(=O)N(c3cc(C)cc(C)c3)C2)nc2ccccc21. The van der Waals surface area contributed by atoms with Gasteiger partial charge in [-0.1, -0.05) is 44.4 Å². The Morgan fingerprint density at radius 3 is 2.55 bits per heavy atom. The van der Waals surface area contributed by atoms with E-state index in [9.17, 15) is 4.79 Å². The first kappa shape index (κ1) is 19.7. The lowest BCUT2D eigenvalue weighted by atomic mass is 10.1. The maximum Gasteiger partial charge on any atom is 0.227 e. The van der Waals surface area contributed by atoms with E-state index in [1.165, 1.54) is 35.9 Å². The lowest BCUT2D eigenvalue weighted by molar-refractivity contribution is -0.117. The predicted molar refractivity (Wildman–Crippen MR) is 120 cm³/mol. The van der Waals surface area contributed by atoms with Crippen molar-refractivity contribution in [1.29, 1.82) is 0 Å². The molecule has 29 heavy (non-hydrogen) atoms. The monoisotopic (exact) mass is 389 g/mol. The highest BCUT2D eigenvalue weighted by Crippen LogP contribution is 2.34. The second kappa shape index (κ2) is 8.40. The van der Waals surface area contributed by atoms with E-state index in [0.29, 0.717) is 13.0 Å². The highest BCUT2D eigenvalue weighted by molar-refractivity contribution is 5.96. The Hall–Kier alpha value is -2.62. The summed E-state index contributed by atoms with van der Waals surface area (Å²) >= 11 is 0. The van der Waals surface area contributed by atoms with Crippen LogP contribution in [0.5, 0.6) is 0 Å². The van der Waals surface area contributed by atoms with Crippen LogP contribution in [-0.4, -0.2) is 22.0 Å². The molecule has 0 spiro atoms. The average Bonchev–Trinajstić information content (AvgIpc) is 3.25. The molecular formula is C25H31N3O. The topological polar surface area (TPSA) is 38.1 Å². The van der Waals surface area contributed by atoms with Crippen molar-refractivity contribution in [1.82, 2.24) is 9.55 Å². The molecular weight excluding hydrogens is 358 g/mol. The molecule has 0 radical (unpaired) electrons. The second-order valence-corrected chi connectivity index (χ2v) is 8.42. The maximum atomic E-state index is 12.9. The van der Waals surface area contributed by atoms with Crippen molar-refractivity contribution in [3.05, 3.63) is 59.4 Å². The number of anilines is 1. The Labute approximate surface area is 173 Å². The Morgan fingerprint density at radius 2 is 1.79 bits per heavy atom. The number of nitrogens with zero attached hydrogens (tertiary/aromatic N) is 3. The van der Waals surface area contributed by atoms with Crippen molar-refractivity contribution in [3.63, 3.8) is 0 Å². The summed E-state index contributed by atoms with van der Waals surface area (Å²) < 4.78 is 2.37. The van der Waals surface area contributed by atoms with E-state index in [0.717, 1.165) is 30.0 Å². The number of aryl methyl sites for hydroxylation is 3. The lowest BCUT2D eigenvalue weighted by Crippen LogP contribution is -2.24. The quantitative estimate of drug-likeness (QED) is 0.482. The molecule has 1 aliphatic heterocycles. The number of imidazole rings is 1. The molecule has 1 atom stereocenters. The smallest absolute Gasteiger partial charge is 0.227 e. The molecule has 1 saturated heterocycles. The van der Waals surface area contributed by atoms with E-state index in [1.54, 1.807) is 0 Å². The fourth-order valence-corrected chi connectivity index (χ4v) is 4.57. The standard InChI is InChI=1S/C25H31N3O/c1-4-5-6-9-12-27-23-11-8-7-10-22(23)26-25(27)20-16-24(29)28(17-20)21-14-18(2)13-19(3)15-21/h7-8,10-11,13-15,20H,4-6,9,12,16-17H2,1-3H3/t20-/m0/s1. The molecule has 2 heterocycles. The number of benzene rings is 2. The van der Waals surface area contributed by atoms with E-state index in [2.05, 4.69) is 61.7 Å². The van der Waals surface area contributed by atoms with Crippen LogP contribution in [0.1, 0.15) is 61.9 Å². The molecule has 0 N–H and O–H groups in total. The first-order valence-electron chi connectivity index (χ1n) is 10.9. The fraction of sp³-hybridized carbons (Fsp3) is 0.440. The largest absolute Gasteiger partial charge is 0.328 e. The van der Waals surface area contributed by atoms with Crippen LogP contribution >= 0.6 is 0 Å². The zero-order valence-electron chi connectivity index (χ0n) is 17.8. The molecule has 3 aromatic rings. The first-order valence-corrected chi connectivity index (χ1v) is 10.9. The molecule has 1 aromatic heterocycles. The van der Waals surface area contributed by atoms with Crippen molar-refractivity contribution in [3.8, 4) is 0 Å². The summed E-state index contributed by atoms with van der Waals surface area (Å²) in [5.41, 5.74) is 5.63. The number of aromatic nitrogens is 2. The molecule has 4 nitrogen and oxygen atoms in total. The van der Waals surface area contributed by atoms with Crippen molar-refractivity contribution in [2.24, 2.45) is 0 Å². The number of carbonyl (C=O) groups excluding carboxylic acids is 1. The second-order valence-electron chi connectivity index (χ2n) is 8.42. The average molecular weight is 390 g/mol. The molecule has 1 aliphatic rings. The van der Waals surface area contributed by atoms with Crippen LogP contribution in [0.4, 0.5) is 5.69 Å². The minimum atomic E-state index is 0.141. The van der Waals surface area contributed by atoms with Crippen LogP contribution in [0.15, 0.2) is 42.5 Å². The maximum absolute atomic E-state index is 12.9. The van der Waals surface area contributed by atoms with Crippen molar-refractivity contribution in [2.45, 2.75) is 65.3 Å². The summed E-state index contributed by atoms with van der Waals surface area (Å²) in [6, 6.07) is 14.7. The minimum absolute atomic E-state index is 0.141. The molecule has 0 saturated carbocycles. The third-order valence-corrected chi connectivity index (χ3v) is 5.93. The van der Waals surface area contributed by atoms with E-state index in [4.69, 9.17) is 4.98 Å². The number of para-hydroxylation sites is 2. The molecule has 4 heteroatoms. The van der Waals surface area contributed by atoms with Gasteiger partial charge in [-0.05, 0) is 55.7 Å². The summed E-state index contributed by atoms with van der Waals surface area (Å²) in [7, 11) is 0. The molecule has 2 aromatic carbocycles. The van der Waals surface area contributed by atoms with Crippen molar-refractivity contribution < 1.29 is 4.79 Å². The van der Waals surface area contributed by atoms with Crippen LogP contribution < -0.4 is 4.90 Å². The molecule has 4 rings (SSSR count). The molecule has 152 valence electrons. The van der Waals surface area contributed by atoms with Gasteiger partial charge in [0.05, 0.1) is 11.0 Å². The normalized spacial score (nSPS) is 16.9. The zero-order valence-corrected chi connectivity index (χ0v) is 17.8. The van der Waals surface area contributed by atoms with E-state index in [-0.39, 0.29) is 11.8 Å². The number of hydrogen-bond acceptors (Lipinski definition) is 2. The summed E-state index contributed by atoms with van der Waals surface area (Å²) in [6.45, 7) is 8.10.